The topological polar surface area (TPSA) is 15.3 Å². The summed E-state index contributed by atoms with van der Waals surface area (Å²) < 4.78 is 1.18. The van der Waals surface area contributed by atoms with E-state index < -0.39 is 0 Å². The molecule has 0 aliphatic carbocycles. The van der Waals surface area contributed by atoms with Crippen LogP contribution in [0.3, 0.4) is 0 Å². The van der Waals surface area contributed by atoms with E-state index in [1.54, 1.807) is 0 Å². The Balaban J connectivity index is 1.82. The van der Waals surface area contributed by atoms with Crippen molar-refractivity contribution < 1.29 is 0 Å². The summed E-state index contributed by atoms with van der Waals surface area (Å²) in [7, 11) is 0. The lowest BCUT2D eigenvalue weighted by atomic mass is 9.63. The summed E-state index contributed by atoms with van der Waals surface area (Å²) in [6.07, 6.45) is 4.07. The molecule has 2 heterocycles. The number of rotatable bonds is 2. The highest BCUT2D eigenvalue weighted by molar-refractivity contribution is 9.10. The molecule has 0 bridgehead atoms. The molecule has 1 N–H and O–H groups in total. The zero-order valence-corrected chi connectivity index (χ0v) is 14.0. The Labute approximate surface area is 131 Å². The molecule has 0 radical (unpaired) electrons. The normalized spacial score (nSPS) is 26.8. The Kier molecular flexibility index (Phi) is 4.49. The van der Waals surface area contributed by atoms with E-state index in [0.717, 1.165) is 6.54 Å². The molecule has 1 aromatic rings. The molecule has 2 saturated heterocycles. The lowest BCUT2D eigenvalue weighted by molar-refractivity contribution is 0.0563. The summed E-state index contributed by atoms with van der Waals surface area (Å²) in [5, 5.41) is 3.62. The highest BCUT2D eigenvalue weighted by atomic mass is 79.9. The molecule has 1 aromatic carbocycles. The van der Waals surface area contributed by atoms with Crippen LogP contribution in [-0.2, 0) is 0 Å². The average Bonchev–Trinajstić information content (AvgIpc) is 2.50. The zero-order chi connectivity index (χ0) is 14.0. The van der Waals surface area contributed by atoms with E-state index in [-0.39, 0.29) is 0 Å². The van der Waals surface area contributed by atoms with Gasteiger partial charge >= 0.3 is 0 Å². The van der Waals surface area contributed by atoms with E-state index in [0.29, 0.717) is 11.3 Å². The summed E-state index contributed by atoms with van der Waals surface area (Å²) in [6, 6.07) is 9.02. The standard InChI is InChI=1S/C17H25BrN2/c1-2-20-11-8-17(9-12-20)7-10-19-13-16(17)14-3-5-15(18)6-4-14/h3-6,16,19H,2,7-13H2,1H3. The fourth-order valence-corrected chi connectivity index (χ4v) is 4.32. The van der Waals surface area contributed by atoms with Crippen molar-refractivity contribution in [1.29, 1.82) is 0 Å². The van der Waals surface area contributed by atoms with Gasteiger partial charge in [0.15, 0.2) is 0 Å². The monoisotopic (exact) mass is 336 g/mol. The van der Waals surface area contributed by atoms with Crippen LogP contribution >= 0.6 is 15.9 Å². The Morgan fingerprint density at radius 3 is 2.55 bits per heavy atom. The Morgan fingerprint density at radius 1 is 1.20 bits per heavy atom. The van der Waals surface area contributed by atoms with E-state index in [9.17, 15) is 0 Å². The number of likely N-dealkylation sites (tertiary alicyclic amines) is 1. The number of hydrogen-bond acceptors (Lipinski definition) is 2. The van der Waals surface area contributed by atoms with E-state index in [1.807, 2.05) is 0 Å². The van der Waals surface area contributed by atoms with Crippen molar-refractivity contribution in [2.45, 2.75) is 32.1 Å². The quantitative estimate of drug-likeness (QED) is 0.887. The van der Waals surface area contributed by atoms with Crippen LogP contribution in [0.25, 0.3) is 0 Å². The molecule has 1 spiro atoms. The van der Waals surface area contributed by atoms with Crippen molar-refractivity contribution in [2.24, 2.45) is 5.41 Å². The number of halogens is 1. The zero-order valence-electron chi connectivity index (χ0n) is 12.4. The fraction of sp³-hybridized carbons (Fsp3) is 0.647. The van der Waals surface area contributed by atoms with E-state index >= 15 is 0 Å². The van der Waals surface area contributed by atoms with E-state index in [4.69, 9.17) is 0 Å². The minimum atomic E-state index is 0.532. The molecule has 3 heteroatoms. The second-order valence-electron chi connectivity index (χ2n) is 6.35. The highest BCUT2D eigenvalue weighted by Crippen LogP contribution is 2.48. The lowest BCUT2D eigenvalue weighted by Gasteiger charge is -2.49. The molecule has 1 atom stereocenters. The van der Waals surface area contributed by atoms with Gasteiger partial charge in [0.1, 0.15) is 0 Å². The first-order valence-corrected chi connectivity index (χ1v) is 8.71. The van der Waals surface area contributed by atoms with Crippen LogP contribution in [-0.4, -0.2) is 37.6 Å². The van der Waals surface area contributed by atoms with Crippen molar-refractivity contribution in [2.75, 3.05) is 32.7 Å². The van der Waals surface area contributed by atoms with Crippen LogP contribution in [0.15, 0.2) is 28.7 Å². The van der Waals surface area contributed by atoms with Crippen LogP contribution in [0.2, 0.25) is 0 Å². The largest absolute Gasteiger partial charge is 0.316 e. The van der Waals surface area contributed by atoms with Gasteiger partial charge in [-0.05, 0) is 68.6 Å². The predicted molar refractivity (Wildman–Crippen MR) is 88.2 cm³/mol. The highest BCUT2D eigenvalue weighted by Gasteiger charge is 2.43. The molecule has 0 saturated carbocycles. The summed E-state index contributed by atoms with van der Waals surface area (Å²) in [5.74, 6) is 0.684. The maximum absolute atomic E-state index is 3.62. The Hall–Kier alpha value is -0.380. The van der Waals surface area contributed by atoms with Crippen LogP contribution in [0.4, 0.5) is 0 Å². The summed E-state index contributed by atoms with van der Waals surface area (Å²) in [5.41, 5.74) is 2.05. The van der Waals surface area contributed by atoms with Crippen molar-refractivity contribution >= 4 is 15.9 Å². The molecule has 2 fully saturated rings. The minimum Gasteiger partial charge on any atom is -0.316 e. The first kappa shape index (κ1) is 14.6. The molecule has 2 aliphatic heterocycles. The third-order valence-electron chi connectivity index (χ3n) is 5.46. The van der Waals surface area contributed by atoms with Gasteiger partial charge in [0.2, 0.25) is 0 Å². The number of benzene rings is 1. The van der Waals surface area contributed by atoms with Crippen LogP contribution in [0.1, 0.15) is 37.7 Å². The Morgan fingerprint density at radius 2 is 1.90 bits per heavy atom. The van der Waals surface area contributed by atoms with Crippen LogP contribution in [0.5, 0.6) is 0 Å². The number of piperidine rings is 2. The van der Waals surface area contributed by atoms with Gasteiger partial charge in [-0.15, -0.1) is 0 Å². The second kappa shape index (κ2) is 6.17. The van der Waals surface area contributed by atoms with Crippen molar-refractivity contribution in [3.05, 3.63) is 34.3 Å². The smallest absolute Gasteiger partial charge is 0.0175 e. The fourth-order valence-electron chi connectivity index (χ4n) is 4.05. The third kappa shape index (κ3) is 2.81. The van der Waals surface area contributed by atoms with Gasteiger partial charge in [-0.25, -0.2) is 0 Å². The van der Waals surface area contributed by atoms with Crippen molar-refractivity contribution in [1.82, 2.24) is 10.2 Å². The molecule has 0 aromatic heterocycles. The van der Waals surface area contributed by atoms with Gasteiger partial charge in [0, 0.05) is 16.9 Å². The van der Waals surface area contributed by atoms with Crippen LogP contribution in [0, 0.1) is 5.41 Å². The third-order valence-corrected chi connectivity index (χ3v) is 5.99. The molecule has 2 nitrogen and oxygen atoms in total. The number of hydrogen-bond donors (Lipinski definition) is 1. The number of nitrogens with one attached hydrogen (secondary N) is 1. The first-order chi connectivity index (χ1) is 9.73. The maximum Gasteiger partial charge on any atom is 0.0175 e. The predicted octanol–water partition coefficient (Wildman–Crippen LogP) is 3.63. The van der Waals surface area contributed by atoms with Crippen molar-refractivity contribution in [3.8, 4) is 0 Å². The first-order valence-electron chi connectivity index (χ1n) is 7.92. The average molecular weight is 337 g/mol. The van der Waals surface area contributed by atoms with Gasteiger partial charge < -0.3 is 10.2 Å². The summed E-state index contributed by atoms with van der Waals surface area (Å²) in [6.45, 7) is 8.39. The van der Waals surface area contributed by atoms with Gasteiger partial charge in [0.25, 0.3) is 0 Å². The summed E-state index contributed by atoms with van der Waals surface area (Å²) in [4.78, 5) is 2.60. The molecule has 1 unspecified atom stereocenters. The second-order valence-corrected chi connectivity index (χ2v) is 7.27. The molecular weight excluding hydrogens is 312 g/mol. The molecule has 2 aliphatic rings. The molecular formula is C17H25BrN2. The SMILES string of the molecule is CCN1CCC2(CCNCC2c2ccc(Br)cc2)CC1. The lowest BCUT2D eigenvalue weighted by Crippen LogP contribution is -2.50. The van der Waals surface area contributed by atoms with E-state index in [1.165, 1.54) is 55.5 Å². The minimum absolute atomic E-state index is 0.532. The maximum atomic E-state index is 3.62. The molecule has 0 amide bonds. The molecule has 3 rings (SSSR count). The van der Waals surface area contributed by atoms with E-state index in [2.05, 4.69) is 57.3 Å². The van der Waals surface area contributed by atoms with Gasteiger partial charge in [0.05, 0.1) is 0 Å². The Bertz CT molecular complexity index is 435. The number of nitrogens with zero attached hydrogens (tertiary/aromatic N) is 1. The van der Waals surface area contributed by atoms with Gasteiger partial charge in [-0.3, -0.25) is 0 Å². The summed E-state index contributed by atoms with van der Waals surface area (Å²) >= 11 is 3.55. The molecule has 110 valence electrons. The van der Waals surface area contributed by atoms with Crippen molar-refractivity contribution in [3.63, 3.8) is 0 Å². The molecule has 20 heavy (non-hydrogen) atoms. The van der Waals surface area contributed by atoms with Gasteiger partial charge in [-0.2, -0.15) is 0 Å². The van der Waals surface area contributed by atoms with Crippen LogP contribution < -0.4 is 5.32 Å². The van der Waals surface area contributed by atoms with Gasteiger partial charge in [-0.1, -0.05) is 35.0 Å².